The summed E-state index contributed by atoms with van der Waals surface area (Å²) in [7, 11) is 0. The zero-order chi connectivity index (χ0) is 18.0. The van der Waals surface area contributed by atoms with Crippen LogP contribution in [0.5, 0.6) is 0 Å². The summed E-state index contributed by atoms with van der Waals surface area (Å²) in [4.78, 5) is 13.0. The van der Waals surface area contributed by atoms with E-state index in [1.165, 1.54) is 0 Å². The van der Waals surface area contributed by atoms with Crippen LogP contribution in [-0.2, 0) is 27.2 Å². The number of rotatable bonds is 5. The van der Waals surface area contributed by atoms with Crippen molar-refractivity contribution in [2.75, 3.05) is 0 Å². The number of ether oxygens (including phenoxy) is 1. The number of benzene rings is 3. The molecule has 130 valence electrons. The van der Waals surface area contributed by atoms with E-state index in [2.05, 4.69) is 0 Å². The second-order valence-electron chi connectivity index (χ2n) is 6.68. The van der Waals surface area contributed by atoms with Crippen molar-refractivity contribution in [1.29, 1.82) is 0 Å². The Morgan fingerprint density at radius 1 is 0.808 bits per heavy atom. The number of alkyl halides is 1. The molecule has 0 saturated heterocycles. The van der Waals surface area contributed by atoms with Crippen LogP contribution in [0.4, 0.5) is 4.39 Å². The van der Waals surface area contributed by atoms with Crippen LogP contribution in [0.15, 0.2) is 91.0 Å². The predicted molar refractivity (Wildman–Crippen MR) is 98.2 cm³/mol. The molecule has 0 N–H and O–H groups in total. The molecular formula is C23H19FO2. The molecule has 3 aromatic carbocycles. The molecule has 2 atom stereocenters. The van der Waals surface area contributed by atoms with Crippen molar-refractivity contribution in [1.82, 2.24) is 0 Å². The van der Waals surface area contributed by atoms with E-state index >= 15 is 4.39 Å². The highest BCUT2D eigenvalue weighted by molar-refractivity contribution is 5.90. The summed E-state index contributed by atoms with van der Waals surface area (Å²) in [5.41, 5.74) is -0.979. The van der Waals surface area contributed by atoms with Gasteiger partial charge in [-0.2, -0.15) is 0 Å². The smallest absolute Gasteiger partial charge is 0.320 e. The van der Waals surface area contributed by atoms with E-state index in [-0.39, 0.29) is 13.0 Å². The Hall–Kier alpha value is -2.94. The fraction of sp³-hybridized carbons (Fsp3) is 0.174. The van der Waals surface area contributed by atoms with Crippen LogP contribution < -0.4 is 0 Å². The molecule has 0 spiro atoms. The third-order valence-corrected chi connectivity index (χ3v) is 5.12. The van der Waals surface area contributed by atoms with Gasteiger partial charge in [-0.1, -0.05) is 91.0 Å². The molecule has 1 saturated carbocycles. The molecule has 1 fully saturated rings. The first kappa shape index (κ1) is 16.5. The number of carbonyl (C=O) groups is 1. The summed E-state index contributed by atoms with van der Waals surface area (Å²) in [5.74, 6) is -0.515. The fourth-order valence-corrected chi connectivity index (χ4v) is 3.62. The monoisotopic (exact) mass is 346 g/mol. The molecule has 0 aromatic heterocycles. The highest BCUT2D eigenvalue weighted by Crippen LogP contribution is 2.67. The molecule has 26 heavy (non-hydrogen) atoms. The van der Waals surface area contributed by atoms with Gasteiger partial charge in [-0.05, 0) is 16.7 Å². The summed E-state index contributed by atoms with van der Waals surface area (Å²) >= 11 is 0. The molecule has 0 unspecified atom stereocenters. The van der Waals surface area contributed by atoms with Gasteiger partial charge in [-0.15, -0.1) is 0 Å². The maximum atomic E-state index is 15.9. The first-order chi connectivity index (χ1) is 12.7. The number of esters is 1. The Kier molecular flexibility index (Phi) is 4.08. The topological polar surface area (TPSA) is 26.3 Å². The van der Waals surface area contributed by atoms with Gasteiger partial charge in [0.25, 0.3) is 0 Å². The minimum atomic E-state index is -1.75. The molecule has 2 nitrogen and oxygen atoms in total. The van der Waals surface area contributed by atoms with Gasteiger partial charge in [0.05, 0.1) is 0 Å². The molecule has 3 aromatic rings. The summed E-state index contributed by atoms with van der Waals surface area (Å²) in [6.45, 7) is 0.138. The van der Waals surface area contributed by atoms with Crippen molar-refractivity contribution in [2.24, 2.45) is 0 Å². The highest BCUT2D eigenvalue weighted by Gasteiger charge is 2.76. The standard InChI is InChI=1S/C23H19FO2/c24-23(20-14-8-3-9-15-20)17-22(23,19-12-6-2-7-13-19)21(25)26-16-18-10-4-1-5-11-18/h1-15H,16-17H2/t22-,23-/m1/s1. The van der Waals surface area contributed by atoms with E-state index in [1.807, 2.05) is 54.6 Å². The van der Waals surface area contributed by atoms with E-state index in [1.54, 1.807) is 36.4 Å². The van der Waals surface area contributed by atoms with Crippen LogP contribution in [0.1, 0.15) is 23.1 Å². The lowest BCUT2D eigenvalue weighted by molar-refractivity contribution is -0.149. The van der Waals surface area contributed by atoms with Crippen molar-refractivity contribution >= 4 is 5.97 Å². The maximum absolute atomic E-state index is 15.9. The Bertz CT molecular complexity index is 895. The van der Waals surface area contributed by atoms with Gasteiger partial charge in [0, 0.05) is 6.42 Å². The van der Waals surface area contributed by atoms with Crippen LogP contribution in [0.25, 0.3) is 0 Å². The second kappa shape index (κ2) is 6.41. The maximum Gasteiger partial charge on any atom is 0.320 e. The zero-order valence-electron chi connectivity index (χ0n) is 14.3. The average Bonchev–Trinajstić information content (AvgIpc) is 3.37. The van der Waals surface area contributed by atoms with Gasteiger partial charge < -0.3 is 4.74 Å². The Labute approximate surface area is 152 Å². The molecule has 0 heterocycles. The van der Waals surface area contributed by atoms with E-state index in [9.17, 15) is 4.79 Å². The van der Waals surface area contributed by atoms with E-state index < -0.39 is 17.1 Å². The molecule has 1 aliphatic rings. The van der Waals surface area contributed by atoms with Crippen LogP contribution >= 0.6 is 0 Å². The minimum absolute atomic E-state index is 0.0989. The van der Waals surface area contributed by atoms with E-state index in [0.717, 1.165) is 5.56 Å². The van der Waals surface area contributed by atoms with Gasteiger partial charge in [-0.25, -0.2) is 4.39 Å². The quantitative estimate of drug-likeness (QED) is 0.612. The molecule has 4 rings (SSSR count). The Morgan fingerprint density at radius 2 is 1.31 bits per heavy atom. The third-order valence-electron chi connectivity index (χ3n) is 5.12. The molecule has 0 aliphatic heterocycles. The van der Waals surface area contributed by atoms with Gasteiger partial charge in [0.15, 0.2) is 5.67 Å². The first-order valence-electron chi connectivity index (χ1n) is 8.68. The van der Waals surface area contributed by atoms with Crippen LogP contribution in [0.3, 0.4) is 0 Å². The summed E-state index contributed by atoms with van der Waals surface area (Å²) in [6, 6.07) is 27.4. The van der Waals surface area contributed by atoms with Gasteiger partial charge in [0.2, 0.25) is 0 Å². The van der Waals surface area contributed by atoms with Crippen LogP contribution in [0, 0.1) is 0 Å². The fourth-order valence-electron chi connectivity index (χ4n) is 3.62. The number of hydrogen-bond donors (Lipinski definition) is 0. The lowest BCUT2D eigenvalue weighted by Gasteiger charge is -2.20. The zero-order valence-corrected chi connectivity index (χ0v) is 14.3. The van der Waals surface area contributed by atoms with Crippen LogP contribution in [0.2, 0.25) is 0 Å². The van der Waals surface area contributed by atoms with Gasteiger partial charge in [0.1, 0.15) is 12.0 Å². The Morgan fingerprint density at radius 3 is 1.88 bits per heavy atom. The molecule has 1 aliphatic carbocycles. The molecule has 0 bridgehead atoms. The average molecular weight is 346 g/mol. The molecular weight excluding hydrogens is 327 g/mol. The summed E-state index contributed by atoms with van der Waals surface area (Å²) in [5, 5.41) is 0. The summed E-state index contributed by atoms with van der Waals surface area (Å²) in [6.07, 6.45) is 0.0989. The molecule has 0 amide bonds. The normalized spacial score (nSPS) is 24.0. The number of carbonyl (C=O) groups excluding carboxylic acids is 1. The lowest BCUT2D eigenvalue weighted by Crippen LogP contribution is -2.30. The number of hydrogen-bond acceptors (Lipinski definition) is 2. The minimum Gasteiger partial charge on any atom is -0.460 e. The first-order valence-corrected chi connectivity index (χ1v) is 8.68. The highest BCUT2D eigenvalue weighted by atomic mass is 19.1. The van der Waals surface area contributed by atoms with Gasteiger partial charge >= 0.3 is 5.97 Å². The van der Waals surface area contributed by atoms with E-state index in [4.69, 9.17) is 4.74 Å². The second-order valence-corrected chi connectivity index (χ2v) is 6.68. The lowest BCUT2D eigenvalue weighted by atomic mass is 9.89. The van der Waals surface area contributed by atoms with E-state index in [0.29, 0.717) is 11.1 Å². The van der Waals surface area contributed by atoms with Gasteiger partial charge in [-0.3, -0.25) is 4.79 Å². The van der Waals surface area contributed by atoms with Crippen LogP contribution in [-0.4, -0.2) is 5.97 Å². The van der Waals surface area contributed by atoms with Crippen molar-refractivity contribution in [3.8, 4) is 0 Å². The SMILES string of the molecule is O=C(OCc1ccccc1)[C@]1(c2ccccc2)C[C@@]1(F)c1ccccc1. The molecule has 3 heteroatoms. The van der Waals surface area contributed by atoms with Crippen molar-refractivity contribution in [3.63, 3.8) is 0 Å². The summed E-state index contributed by atoms with van der Waals surface area (Å²) < 4.78 is 21.5. The van der Waals surface area contributed by atoms with Crippen molar-refractivity contribution in [2.45, 2.75) is 24.1 Å². The van der Waals surface area contributed by atoms with Crippen molar-refractivity contribution < 1.29 is 13.9 Å². The molecule has 0 radical (unpaired) electrons. The largest absolute Gasteiger partial charge is 0.460 e. The Balaban J connectivity index is 1.66. The predicted octanol–water partition coefficient (Wildman–Crippen LogP) is 4.94. The number of halogens is 1. The third kappa shape index (κ3) is 2.60. The van der Waals surface area contributed by atoms with Crippen molar-refractivity contribution in [3.05, 3.63) is 108 Å².